The van der Waals surface area contributed by atoms with Crippen LogP contribution in [-0.4, -0.2) is 72.2 Å². The molecule has 1 aromatic rings. The van der Waals surface area contributed by atoms with Gasteiger partial charge in [0.25, 0.3) is 11.8 Å². The molecule has 0 aromatic heterocycles. The molecular weight excluding hydrogens is 602 g/mol. The molecule has 0 aliphatic carbocycles. The molecule has 44 heavy (non-hydrogen) atoms. The van der Waals surface area contributed by atoms with Crippen LogP contribution in [-0.2, 0) is 35.1 Å². The van der Waals surface area contributed by atoms with Gasteiger partial charge < -0.3 is 14.8 Å². The summed E-state index contributed by atoms with van der Waals surface area (Å²) >= 11 is 7.58. The van der Waals surface area contributed by atoms with E-state index in [0.29, 0.717) is 42.4 Å². The predicted molar refractivity (Wildman–Crippen MR) is 174 cm³/mol. The Kier molecular flexibility index (Phi) is 16.1. The molecule has 0 unspecified atom stereocenters. The van der Waals surface area contributed by atoms with Crippen molar-refractivity contribution >= 4 is 47.1 Å². The molecule has 1 fully saturated rings. The molecule has 1 heterocycles. The van der Waals surface area contributed by atoms with Crippen LogP contribution in [0.4, 0.5) is 0 Å². The van der Waals surface area contributed by atoms with E-state index < -0.39 is 36.0 Å². The number of hydrogen-bond acceptors (Lipinski definition) is 8. The van der Waals surface area contributed by atoms with Gasteiger partial charge in [-0.25, -0.2) is 5.01 Å². The summed E-state index contributed by atoms with van der Waals surface area (Å²) in [6.07, 6.45) is 12.2. The van der Waals surface area contributed by atoms with E-state index in [1.54, 1.807) is 11.1 Å². The summed E-state index contributed by atoms with van der Waals surface area (Å²) in [6.45, 7) is 9.59. The molecule has 0 saturated carbocycles. The average molecular weight is 642 g/mol. The number of esters is 2. The number of nitrogens with zero attached hydrogens (tertiary/aromatic N) is 2. The van der Waals surface area contributed by atoms with Crippen molar-refractivity contribution in [1.82, 2.24) is 15.3 Å². The maximum atomic E-state index is 13.7. The van der Waals surface area contributed by atoms with Crippen LogP contribution in [0.25, 0.3) is 0 Å². The number of carbonyl (C=O) groups excluding carboxylic acids is 4. The Hall–Kier alpha value is -3.78. The van der Waals surface area contributed by atoms with Gasteiger partial charge in [0.2, 0.25) is 12.2 Å². The van der Waals surface area contributed by atoms with Crippen molar-refractivity contribution in [2.45, 2.75) is 58.7 Å². The van der Waals surface area contributed by atoms with E-state index in [4.69, 9.17) is 27.5 Å². The van der Waals surface area contributed by atoms with Crippen molar-refractivity contribution in [3.8, 4) is 12.3 Å². The molecule has 11 heteroatoms. The Morgan fingerprint density at radius 3 is 2.43 bits per heavy atom. The van der Waals surface area contributed by atoms with E-state index in [1.807, 2.05) is 54.8 Å². The SMILES string of the molecule is C#C/C=C\CC/C=C\CN1CCCN1C(=O)[C@H](OC(C)=O)[C@@H](OC(C)=O)C(=O)NCC(=C)S/C=C(\C)Cc1ccccc1Cl. The molecule has 236 valence electrons. The number of benzene rings is 1. The van der Waals surface area contributed by atoms with E-state index in [-0.39, 0.29) is 6.54 Å². The largest absolute Gasteiger partial charge is 0.448 e. The fourth-order valence-corrected chi connectivity index (χ4v) is 5.07. The Labute approximate surface area is 269 Å². The van der Waals surface area contributed by atoms with Gasteiger partial charge in [0.15, 0.2) is 0 Å². The normalized spacial score (nSPS) is 15.2. The smallest absolute Gasteiger partial charge is 0.303 e. The molecule has 1 N–H and O–H groups in total. The lowest BCUT2D eigenvalue weighted by molar-refractivity contribution is -0.182. The van der Waals surface area contributed by atoms with Crippen LogP contribution in [0.3, 0.4) is 0 Å². The highest BCUT2D eigenvalue weighted by atomic mass is 35.5. The third-order valence-corrected chi connectivity index (χ3v) is 7.62. The molecule has 1 saturated heterocycles. The van der Waals surface area contributed by atoms with Crippen molar-refractivity contribution in [2.75, 3.05) is 26.2 Å². The fourth-order valence-electron chi connectivity index (χ4n) is 4.26. The van der Waals surface area contributed by atoms with E-state index in [0.717, 1.165) is 37.8 Å². The third-order valence-electron chi connectivity index (χ3n) is 6.26. The predicted octanol–water partition coefficient (Wildman–Crippen LogP) is 4.99. The maximum absolute atomic E-state index is 13.7. The minimum atomic E-state index is -1.69. The number of unbranched alkanes of at least 4 members (excludes halogenated alkanes) is 1. The number of hydrazine groups is 1. The number of ether oxygens (including phenoxy) is 2. The number of halogens is 1. The van der Waals surface area contributed by atoms with E-state index in [1.165, 1.54) is 16.8 Å². The van der Waals surface area contributed by atoms with E-state index in [9.17, 15) is 19.2 Å². The van der Waals surface area contributed by atoms with E-state index >= 15 is 0 Å². The standard InChI is InChI=1S/C33H40ClN3O6S/c1-6-7-8-9-10-11-14-18-36-19-15-20-37(36)33(41)31(43-27(5)39)30(42-26(4)38)32(40)35-22-25(3)44-23-24(2)21-28-16-12-13-17-29(28)34/h1,7-8,11-14,16-17,23,30-31H,3,9-10,15,18-22H2,2,4-5H3,(H,35,40)/b8-7-,14-11-,24-23+/t30-,31-/m1/s1. The Morgan fingerprint density at radius 1 is 1.07 bits per heavy atom. The highest BCUT2D eigenvalue weighted by Gasteiger charge is 2.43. The minimum absolute atomic E-state index is 0.0231. The van der Waals surface area contributed by atoms with Crippen LogP contribution in [0.5, 0.6) is 0 Å². The first-order chi connectivity index (χ1) is 21.0. The number of terminal acetylenes is 1. The molecule has 2 amide bonds. The lowest BCUT2D eigenvalue weighted by Gasteiger charge is -2.32. The molecular formula is C33H40ClN3O6S. The summed E-state index contributed by atoms with van der Waals surface area (Å²) in [5.41, 5.74) is 2.04. The second-order valence-electron chi connectivity index (χ2n) is 10.0. The minimum Gasteiger partial charge on any atom is -0.448 e. The number of nitrogens with one attached hydrogen (secondary N) is 1. The first-order valence-corrected chi connectivity index (χ1v) is 15.5. The topological polar surface area (TPSA) is 105 Å². The average Bonchev–Trinajstić information content (AvgIpc) is 3.45. The van der Waals surface area contributed by atoms with Crippen LogP contribution >= 0.6 is 23.4 Å². The number of carbonyl (C=O) groups is 4. The zero-order valence-electron chi connectivity index (χ0n) is 25.4. The van der Waals surface area contributed by atoms with Gasteiger partial charge in [-0.1, -0.05) is 66.1 Å². The Morgan fingerprint density at radius 2 is 1.75 bits per heavy atom. The number of amides is 2. The molecule has 9 nitrogen and oxygen atoms in total. The highest BCUT2D eigenvalue weighted by molar-refractivity contribution is 8.05. The highest BCUT2D eigenvalue weighted by Crippen LogP contribution is 2.23. The lowest BCUT2D eigenvalue weighted by atomic mass is 10.1. The molecule has 1 aliphatic heterocycles. The number of rotatable bonds is 16. The van der Waals surface area contributed by atoms with Crippen LogP contribution in [0.1, 0.15) is 45.6 Å². The summed E-state index contributed by atoms with van der Waals surface area (Å²) in [6, 6.07) is 7.58. The summed E-state index contributed by atoms with van der Waals surface area (Å²) in [7, 11) is 0. The van der Waals surface area contributed by atoms with Crippen LogP contribution in [0.15, 0.2) is 71.0 Å². The first kappa shape index (κ1) is 36.4. The van der Waals surface area contributed by atoms with Gasteiger partial charge in [0.1, 0.15) is 0 Å². The first-order valence-electron chi connectivity index (χ1n) is 14.2. The maximum Gasteiger partial charge on any atom is 0.303 e. The quantitative estimate of drug-likeness (QED) is 0.117. The van der Waals surface area contributed by atoms with Crippen molar-refractivity contribution in [2.24, 2.45) is 0 Å². The molecule has 0 radical (unpaired) electrons. The van der Waals surface area contributed by atoms with Gasteiger partial charge in [-0.05, 0) is 55.7 Å². The Bertz CT molecular complexity index is 1320. The van der Waals surface area contributed by atoms with Crippen molar-refractivity contribution < 1.29 is 28.7 Å². The van der Waals surface area contributed by atoms with Crippen LogP contribution in [0, 0.1) is 12.3 Å². The second kappa shape index (κ2) is 19.5. The molecule has 0 bridgehead atoms. The molecule has 2 atom stereocenters. The van der Waals surface area contributed by atoms with Crippen molar-refractivity contribution in [1.29, 1.82) is 0 Å². The monoisotopic (exact) mass is 641 g/mol. The van der Waals surface area contributed by atoms with Gasteiger partial charge in [0, 0.05) is 50.0 Å². The molecule has 1 aromatic carbocycles. The van der Waals surface area contributed by atoms with Crippen LogP contribution < -0.4 is 5.32 Å². The number of allylic oxidation sites excluding steroid dienone is 4. The summed E-state index contributed by atoms with van der Waals surface area (Å²) < 4.78 is 10.6. The van der Waals surface area contributed by atoms with Gasteiger partial charge in [-0.3, -0.25) is 24.2 Å². The molecule has 2 rings (SSSR count). The zero-order chi connectivity index (χ0) is 32.5. The number of hydrogen-bond donors (Lipinski definition) is 1. The third kappa shape index (κ3) is 12.8. The van der Waals surface area contributed by atoms with E-state index in [2.05, 4.69) is 17.8 Å². The van der Waals surface area contributed by atoms with Gasteiger partial charge in [-0.2, -0.15) is 0 Å². The van der Waals surface area contributed by atoms with Gasteiger partial charge in [0.05, 0.1) is 0 Å². The summed E-state index contributed by atoms with van der Waals surface area (Å²) in [5.74, 6) is -0.600. The number of thioether (sulfide) groups is 1. The fraction of sp³-hybridized carbons (Fsp3) is 0.394. The lowest BCUT2D eigenvalue weighted by Crippen LogP contribution is -2.56. The second-order valence-corrected chi connectivity index (χ2v) is 11.5. The Balaban J connectivity index is 2.07. The summed E-state index contributed by atoms with van der Waals surface area (Å²) in [5, 5.41) is 8.48. The summed E-state index contributed by atoms with van der Waals surface area (Å²) in [4.78, 5) is 51.5. The van der Waals surface area contributed by atoms with Crippen LogP contribution in [0.2, 0.25) is 5.02 Å². The zero-order valence-corrected chi connectivity index (χ0v) is 27.0. The van der Waals surface area contributed by atoms with Crippen molar-refractivity contribution in [3.05, 3.63) is 81.6 Å². The molecule has 1 aliphatic rings. The van der Waals surface area contributed by atoms with Crippen molar-refractivity contribution in [3.63, 3.8) is 0 Å². The van der Waals surface area contributed by atoms with Gasteiger partial charge in [-0.15, -0.1) is 18.2 Å². The molecule has 0 spiro atoms. The van der Waals surface area contributed by atoms with Gasteiger partial charge >= 0.3 is 11.9 Å².